The van der Waals surface area contributed by atoms with Crippen LogP contribution in [0.25, 0.3) is 10.2 Å². The summed E-state index contributed by atoms with van der Waals surface area (Å²) >= 11 is 1.78. The van der Waals surface area contributed by atoms with Crippen LogP contribution in [-0.4, -0.2) is 34.6 Å². The van der Waals surface area contributed by atoms with Gasteiger partial charge in [-0.05, 0) is 37.0 Å². The Morgan fingerprint density at radius 1 is 1.09 bits per heavy atom. The van der Waals surface area contributed by atoms with E-state index in [4.69, 9.17) is 9.72 Å². The average Bonchev–Trinajstić information content (AvgIpc) is 3.05. The molecule has 6 heteroatoms. The highest BCUT2D eigenvalue weighted by molar-refractivity contribution is 7.22. The predicted molar refractivity (Wildman–Crippen MR) is 92.1 cm³/mol. The number of anilines is 1. The smallest absolute Gasteiger partial charge is 0.316 e. The number of fused-ring (bicyclic) bond motifs is 1. The molecule has 1 saturated heterocycles. The molecule has 5 nitrogen and oxygen atoms in total. The fourth-order valence-corrected chi connectivity index (χ4v) is 3.86. The van der Waals surface area contributed by atoms with E-state index < -0.39 is 0 Å². The topological polar surface area (TPSA) is 51.1 Å². The van der Waals surface area contributed by atoms with E-state index in [0.29, 0.717) is 18.5 Å². The molecule has 1 aromatic carbocycles. The molecule has 0 N–H and O–H groups in total. The van der Waals surface area contributed by atoms with Gasteiger partial charge < -0.3 is 9.64 Å². The third-order valence-electron chi connectivity index (χ3n) is 4.16. The van der Waals surface area contributed by atoms with Crippen molar-refractivity contribution >= 4 is 26.7 Å². The van der Waals surface area contributed by atoms with E-state index in [0.717, 1.165) is 36.6 Å². The second-order valence-electron chi connectivity index (χ2n) is 5.74. The fourth-order valence-electron chi connectivity index (χ4n) is 2.84. The number of para-hydroxylation sites is 1. The van der Waals surface area contributed by atoms with Crippen molar-refractivity contribution in [1.82, 2.24) is 15.0 Å². The Morgan fingerprint density at radius 2 is 1.87 bits per heavy atom. The summed E-state index contributed by atoms with van der Waals surface area (Å²) in [4.78, 5) is 15.3. The first-order chi connectivity index (χ1) is 11.4. The maximum Gasteiger partial charge on any atom is 0.316 e. The van der Waals surface area contributed by atoms with Crippen molar-refractivity contribution in [2.75, 3.05) is 24.6 Å². The Bertz CT molecular complexity index is 735. The number of benzene rings is 1. The number of ether oxygens (including phenoxy) is 1. The highest BCUT2D eigenvalue weighted by Crippen LogP contribution is 2.31. The molecule has 2 aromatic heterocycles. The maximum absolute atomic E-state index is 5.68. The fraction of sp³-hybridized carbons (Fsp3) is 0.353. The van der Waals surface area contributed by atoms with E-state index >= 15 is 0 Å². The van der Waals surface area contributed by atoms with Gasteiger partial charge >= 0.3 is 6.01 Å². The number of aromatic nitrogens is 3. The summed E-state index contributed by atoms with van der Waals surface area (Å²) in [6, 6.07) is 10.6. The number of rotatable bonds is 4. The van der Waals surface area contributed by atoms with Crippen molar-refractivity contribution in [1.29, 1.82) is 0 Å². The quantitative estimate of drug-likeness (QED) is 0.735. The average molecular weight is 326 g/mol. The summed E-state index contributed by atoms with van der Waals surface area (Å²) in [7, 11) is 0. The molecule has 118 valence electrons. The minimum absolute atomic E-state index is 0.473. The molecule has 0 amide bonds. The van der Waals surface area contributed by atoms with Gasteiger partial charge in [0.2, 0.25) is 0 Å². The second kappa shape index (κ2) is 6.50. The zero-order valence-corrected chi connectivity index (χ0v) is 13.6. The Hall–Kier alpha value is -2.21. The largest absolute Gasteiger partial charge is 0.463 e. The van der Waals surface area contributed by atoms with Crippen LogP contribution in [0.5, 0.6) is 6.01 Å². The maximum atomic E-state index is 5.68. The molecule has 0 unspecified atom stereocenters. The molecule has 0 radical (unpaired) electrons. The molecule has 3 heterocycles. The van der Waals surface area contributed by atoms with E-state index in [-0.39, 0.29) is 0 Å². The lowest BCUT2D eigenvalue weighted by Gasteiger charge is -2.31. The minimum atomic E-state index is 0.473. The van der Waals surface area contributed by atoms with Gasteiger partial charge in [-0.15, -0.1) is 0 Å². The van der Waals surface area contributed by atoms with Gasteiger partial charge in [0.15, 0.2) is 5.13 Å². The first kappa shape index (κ1) is 14.4. The molecule has 23 heavy (non-hydrogen) atoms. The van der Waals surface area contributed by atoms with Crippen molar-refractivity contribution < 1.29 is 4.74 Å². The first-order valence-corrected chi connectivity index (χ1v) is 8.70. The van der Waals surface area contributed by atoms with Gasteiger partial charge in [-0.2, -0.15) is 0 Å². The number of nitrogens with zero attached hydrogens (tertiary/aromatic N) is 4. The second-order valence-corrected chi connectivity index (χ2v) is 6.75. The molecular weight excluding hydrogens is 308 g/mol. The highest BCUT2D eigenvalue weighted by atomic mass is 32.1. The van der Waals surface area contributed by atoms with E-state index in [2.05, 4.69) is 33.1 Å². The standard InChI is InChI=1S/C17H18N4OS/c1-2-5-15-14(4-1)20-17(23-15)21-10-6-13(7-11-21)12-22-16-18-8-3-9-19-16/h1-5,8-9,13H,6-7,10-12H2. The SMILES string of the molecule is c1cnc(OCC2CCN(c3nc4ccccc4s3)CC2)nc1. The summed E-state index contributed by atoms with van der Waals surface area (Å²) in [5.41, 5.74) is 1.10. The number of hydrogen-bond acceptors (Lipinski definition) is 6. The molecule has 3 aromatic rings. The molecule has 1 aliphatic heterocycles. The molecule has 0 atom stereocenters. The molecule has 0 saturated carbocycles. The van der Waals surface area contributed by atoms with Gasteiger partial charge in [-0.1, -0.05) is 23.5 Å². The summed E-state index contributed by atoms with van der Waals surface area (Å²) < 4.78 is 6.94. The molecule has 0 spiro atoms. The summed E-state index contributed by atoms with van der Waals surface area (Å²) in [6.07, 6.45) is 5.64. The molecule has 0 bridgehead atoms. The van der Waals surface area contributed by atoms with Gasteiger partial charge in [0.25, 0.3) is 0 Å². The van der Waals surface area contributed by atoms with Crippen molar-refractivity contribution in [2.45, 2.75) is 12.8 Å². The van der Waals surface area contributed by atoms with Crippen LogP contribution in [-0.2, 0) is 0 Å². The Balaban J connectivity index is 1.33. The van der Waals surface area contributed by atoms with Gasteiger partial charge in [-0.3, -0.25) is 0 Å². The molecular formula is C17H18N4OS. The van der Waals surface area contributed by atoms with E-state index in [1.165, 1.54) is 4.70 Å². The molecule has 1 fully saturated rings. The van der Waals surface area contributed by atoms with Crippen LogP contribution in [0.4, 0.5) is 5.13 Å². The number of thiazole rings is 1. The zero-order valence-electron chi connectivity index (χ0n) is 12.8. The van der Waals surface area contributed by atoms with Crippen molar-refractivity contribution in [3.8, 4) is 6.01 Å². The van der Waals surface area contributed by atoms with Gasteiger partial charge in [0.1, 0.15) is 0 Å². The van der Waals surface area contributed by atoms with Crippen LogP contribution in [0.1, 0.15) is 12.8 Å². The third-order valence-corrected chi connectivity index (χ3v) is 5.26. The third kappa shape index (κ3) is 3.27. The van der Waals surface area contributed by atoms with Crippen molar-refractivity contribution in [2.24, 2.45) is 5.92 Å². The first-order valence-electron chi connectivity index (χ1n) is 7.89. The lowest BCUT2D eigenvalue weighted by molar-refractivity contribution is 0.208. The summed E-state index contributed by atoms with van der Waals surface area (Å²) in [5, 5.41) is 1.14. The molecule has 1 aliphatic rings. The summed E-state index contributed by atoms with van der Waals surface area (Å²) in [5.74, 6) is 0.560. The van der Waals surface area contributed by atoms with Crippen molar-refractivity contribution in [3.63, 3.8) is 0 Å². The van der Waals surface area contributed by atoms with Crippen molar-refractivity contribution in [3.05, 3.63) is 42.7 Å². The Morgan fingerprint density at radius 3 is 2.65 bits per heavy atom. The van der Waals surface area contributed by atoms with E-state index in [9.17, 15) is 0 Å². The molecule has 4 rings (SSSR count). The summed E-state index contributed by atoms with van der Waals surface area (Å²) in [6.45, 7) is 2.75. The van der Waals surface area contributed by atoms with Gasteiger partial charge in [0, 0.05) is 25.5 Å². The normalized spacial score (nSPS) is 15.9. The lowest BCUT2D eigenvalue weighted by Crippen LogP contribution is -2.35. The Labute approximate surface area is 139 Å². The molecule has 0 aliphatic carbocycles. The minimum Gasteiger partial charge on any atom is -0.463 e. The van der Waals surface area contributed by atoms with Crippen LogP contribution >= 0.6 is 11.3 Å². The van der Waals surface area contributed by atoms with Crippen LogP contribution in [0.3, 0.4) is 0 Å². The highest BCUT2D eigenvalue weighted by Gasteiger charge is 2.22. The van der Waals surface area contributed by atoms with E-state index in [1.807, 2.05) is 6.07 Å². The van der Waals surface area contributed by atoms with Gasteiger partial charge in [0.05, 0.1) is 16.8 Å². The van der Waals surface area contributed by atoms with Crippen LogP contribution in [0.2, 0.25) is 0 Å². The number of hydrogen-bond donors (Lipinski definition) is 0. The zero-order chi connectivity index (χ0) is 15.5. The lowest BCUT2D eigenvalue weighted by atomic mass is 9.98. The van der Waals surface area contributed by atoms with Crippen LogP contribution < -0.4 is 9.64 Å². The van der Waals surface area contributed by atoms with Crippen LogP contribution in [0.15, 0.2) is 42.7 Å². The van der Waals surface area contributed by atoms with Crippen LogP contribution in [0, 0.1) is 5.92 Å². The Kier molecular flexibility index (Phi) is 4.06. The number of piperidine rings is 1. The predicted octanol–water partition coefficient (Wildman–Crippen LogP) is 3.38. The van der Waals surface area contributed by atoms with Gasteiger partial charge in [-0.25, -0.2) is 15.0 Å². The monoisotopic (exact) mass is 326 g/mol. The van der Waals surface area contributed by atoms with E-state index in [1.54, 1.807) is 29.8 Å².